The van der Waals surface area contributed by atoms with Gasteiger partial charge >= 0.3 is 0 Å². The quantitative estimate of drug-likeness (QED) is 0.813. The molecule has 16 heavy (non-hydrogen) atoms. The molecular formula is C12H18BrClN2. The Kier molecular flexibility index (Phi) is 6.32. The highest BCUT2D eigenvalue weighted by atomic mass is 79.9. The van der Waals surface area contributed by atoms with Crippen LogP contribution in [0.25, 0.3) is 0 Å². The van der Waals surface area contributed by atoms with Crippen LogP contribution in [0.5, 0.6) is 0 Å². The molecule has 0 spiro atoms. The number of alkyl halides is 1. The summed E-state index contributed by atoms with van der Waals surface area (Å²) in [6, 6.07) is 4.49. The van der Waals surface area contributed by atoms with Crippen LogP contribution in [0.4, 0.5) is 0 Å². The molecule has 0 aliphatic heterocycles. The van der Waals surface area contributed by atoms with Gasteiger partial charge in [-0.2, -0.15) is 0 Å². The average molecular weight is 306 g/mol. The lowest BCUT2D eigenvalue weighted by molar-refractivity contribution is 0.387. The molecule has 1 atom stereocenters. The largest absolute Gasteiger partial charge is 0.308 e. The first-order chi connectivity index (χ1) is 7.63. The second-order valence-corrected chi connectivity index (χ2v) is 5.47. The number of hydrogen-bond donors (Lipinski definition) is 1. The van der Waals surface area contributed by atoms with Crippen molar-refractivity contribution in [2.24, 2.45) is 5.92 Å². The van der Waals surface area contributed by atoms with Gasteiger partial charge in [0.2, 0.25) is 0 Å². The molecule has 0 aromatic carbocycles. The molecule has 0 fully saturated rings. The Hall–Kier alpha value is -0.120. The summed E-state index contributed by atoms with van der Waals surface area (Å²) in [5.74, 6) is 1.29. The van der Waals surface area contributed by atoms with Gasteiger partial charge in [0.25, 0.3) is 0 Å². The third-order valence-corrected chi connectivity index (χ3v) is 3.25. The molecule has 1 N–H and O–H groups in total. The predicted molar refractivity (Wildman–Crippen MR) is 72.7 cm³/mol. The number of aromatic nitrogens is 1. The predicted octanol–water partition coefficient (Wildman–Crippen LogP) is 3.59. The van der Waals surface area contributed by atoms with Gasteiger partial charge in [0.15, 0.2) is 0 Å². The van der Waals surface area contributed by atoms with Gasteiger partial charge in [-0.25, -0.2) is 0 Å². The second kappa shape index (κ2) is 7.25. The van der Waals surface area contributed by atoms with E-state index in [4.69, 9.17) is 11.6 Å². The first-order valence-corrected chi connectivity index (χ1v) is 6.86. The fourth-order valence-corrected chi connectivity index (χ4v) is 2.00. The number of nitrogens with one attached hydrogen (secondary N) is 1. The third kappa shape index (κ3) is 4.81. The first kappa shape index (κ1) is 13.9. The lowest BCUT2D eigenvalue weighted by Gasteiger charge is -2.21. The highest BCUT2D eigenvalue weighted by molar-refractivity contribution is 9.10. The van der Waals surface area contributed by atoms with Crippen molar-refractivity contribution in [1.82, 2.24) is 10.3 Å². The van der Waals surface area contributed by atoms with Crippen molar-refractivity contribution in [2.75, 3.05) is 5.88 Å². The highest BCUT2D eigenvalue weighted by Gasteiger charge is 2.11. The van der Waals surface area contributed by atoms with E-state index in [2.05, 4.69) is 40.1 Å². The topological polar surface area (TPSA) is 24.9 Å². The van der Waals surface area contributed by atoms with E-state index in [1.807, 2.05) is 18.3 Å². The SMILES string of the molecule is CC(C)C(CCCl)NCc1ccc(Br)cn1. The minimum Gasteiger partial charge on any atom is -0.308 e. The van der Waals surface area contributed by atoms with Crippen LogP contribution in [0.2, 0.25) is 0 Å². The minimum atomic E-state index is 0.461. The Morgan fingerprint density at radius 2 is 2.19 bits per heavy atom. The fraction of sp³-hybridized carbons (Fsp3) is 0.583. The first-order valence-electron chi connectivity index (χ1n) is 5.53. The Morgan fingerprint density at radius 3 is 2.69 bits per heavy atom. The van der Waals surface area contributed by atoms with Gasteiger partial charge in [-0.3, -0.25) is 4.98 Å². The van der Waals surface area contributed by atoms with E-state index in [1.165, 1.54) is 0 Å². The summed E-state index contributed by atoms with van der Waals surface area (Å²) in [7, 11) is 0. The Morgan fingerprint density at radius 1 is 1.44 bits per heavy atom. The van der Waals surface area contributed by atoms with E-state index in [-0.39, 0.29) is 0 Å². The zero-order chi connectivity index (χ0) is 12.0. The maximum atomic E-state index is 5.78. The molecule has 1 unspecified atom stereocenters. The number of rotatable bonds is 6. The molecule has 90 valence electrons. The van der Waals surface area contributed by atoms with E-state index in [0.29, 0.717) is 17.8 Å². The Balaban J connectivity index is 2.45. The van der Waals surface area contributed by atoms with Crippen molar-refractivity contribution in [3.63, 3.8) is 0 Å². The normalized spacial score (nSPS) is 13.1. The molecule has 0 bridgehead atoms. The minimum absolute atomic E-state index is 0.461. The van der Waals surface area contributed by atoms with Crippen LogP contribution in [0.3, 0.4) is 0 Å². The van der Waals surface area contributed by atoms with Crippen LogP contribution in [-0.4, -0.2) is 16.9 Å². The molecule has 1 heterocycles. The smallest absolute Gasteiger partial charge is 0.0542 e. The third-order valence-electron chi connectivity index (χ3n) is 2.56. The summed E-state index contributed by atoms with van der Waals surface area (Å²) in [6.45, 7) is 5.21. The summed E-state index contributed by atoms with van der Waals surface area (Å²) in [5.41, 5.74) is 1.06. The van der Waals surface area contributed by atoms with Crippen LogP contribution in [0.1, 0.15) is 26.0 Å². The van der Waals surface area contributed by atoms with Crippen molar-refractivity contribution >= 4 is 27.5 Å². The van der Waals surface area contributed by atoms with E-state index < -0.39 is 0 Å². The lowest BCUT2D eigenvalue weighted by atomic mass is 10.0. The molecule has 1 aromatic rings. The van der Waals surface area contributed by atoms with Gasteiger partial charge < -0.3 is 5.32 Å². The van der Waals surface area contributed by atoms with Gasteiger partial charge in [0, 0.05) is 29.1 Å². The van der Waals surface area contributed by atoms with Crippen LogP contribution in [0, 0.1) is 5.92 Å². The molecule has 2 nitrogen and oxygen atoms in total. The molecule has 0 aliphatic rings. The zero-order valence-electron chi connectivity index (χ0n) is 9.71. The number of hydrogen-bond acceptors (Lipinski definition) is 2. The van der Waals surface area contributed by atoms with Crippen molar-refractivity contribution < 1.29 is 0 Å². The van der Waals surface area contributed by atoms with Crippen LogP contribution in [-0.2, 0) is 6.54 Å². The van der Waals surface area contributed by atoms with Crippen molar-refractivity contribution in [3.8, 4) is 0 Å². The molecule has 4 heteroatoms. The van der Waals surface area contributed by atoms with Crippen LogP contribution < -0.4 is 5.32 Å². The van der Waals surface area contributed by atoms with E-state index in [1.54, 1.807) is 0 Å². The zero-order valence-corrected chi connectivity index (χ0v) is 12.1. The molecule has 0 saturated heterocycles. The van der Waals surface area contributed by atoms with Crippen molar-refractivity contribution in [3.05, 3.63) is 28.5 Å². The van der Waals surface area contributed by atoms with Crippen molar-refractivity contribution in [2.45, 2.75) is 32.9 Å². The summed E-state index contributed by atoms with van der Waals surface area (Å²) >= 11 is 9.15. The number of pyridine rings is 1. The number of nitrogens with zero attached hydrogens (tertiary/aromatic N) is 1. The molecule has 1 rings (SSSR count). The fourth-order valence-electron chi connectivity index (χ4n) is 1.54. The Labute approximate surface area is 111 Å². The molecule has 1 aromatic heterocycles. The summed E-state index contributed by atoms with van der Waals surface area (Å²) < 4.78 is 1.01. The highest BCUT2D eigenvalue weighted by Crippen LogP contribution is 2.10. The Bertz CT molecular complexity index is 300. The van der Waals surface area contributed by atoms with Gasteiger partial charge in [0.05, 0.1) is 5.69 Å². The molecule has 0 saturated carbocycles. The van der Waals surface area contributed by atoms with E-state index in [0.717, 1.165) is 23.1 Å². The van der Waals surface area contributed by atoms with Crippen molar-refractivity contribution in [1.29, 1.82) is 0 Å². The molecular weight excluding hydrogens is 288 g/mol. The summed E-state index contributed by atoms with van der Waals surface area (Å²) in [4.78, 5) is 4.33. The van der Waals surface area contributed by atoms with Gasteiger partial charge in [-0.1, -0.05) is 13.8 Å². The summed E-state index contributed by atoms with van der Waals surface area (Å²) in [6.07, 6.45) is 2.82. The summed E-state index contributed by atoms with van der Waals surface area (Å²) in [5, 5.41) is 3.49. The van der Waals surface area contributed by atoms with Gasteiger partial charge in [-0.15, -0.1) is 11.6 Å². The molecule has 0 amide bonds. The monoisotopic (exact) mass is 304 g/mol. The lowest BCUT2D eigenvalue weighted by Crippen LogP contribution is -2.34. The maximum absolute atomic E-state index is 5.78. The van der Waals surface area contributed by atoms with Gasteiger partial charge in [-0.05, 0) is 40.4 Å². The standard InChI is InChI=1S/C12H18BrClN2/c1-9(2)12(5-6-14)16-8-11-4-3-10(13)7-15-11/h3-4,7,9,12,16H,5-6,8H2,1-2H3. The van der Waals surface area contributed by atoms with Gasteiger partial charge in [0.1, 0.15) is 0 Å². The van der Waals surface area contributed by atoms with E-state index >= 15 is 0 Å². The van der Waals surface area contributed by atoms with Crippen LogP contribution in [0.15, 0.2) is 22.8 Å². The maximum Gasteiger partial charge on any atom is 0.0542 e. The second-order valence-electron chi connectivity index (χ2n) is 4.18. The number of halogens is 2. The molecule has 0 radical (unpaired) electrons. The van der Waals surface area contributed by atoms with E-state index in [9.17, 15) is 0 Å². The molecule has 0 aliphatic carbocycles. The average Bonchev–Trinajstić information content (AvgIpc) is 2.26. The van der Waals surface area contributed by atoms with Crippen LogP contribution >= 0.6 is 27.5 Å².